The Labute approximate surface area is 178 Å². The van der Waals surface area contributed by atoms with Gasteiger partial charge in [0, 0.05) is 19.6 Å². The Balaban J connectivity index is 1.52. The van der Waals surface area contributed by atoms with Crippen molar-refractivity contribution < 1.29 is 4.74 Å². The summed E-state index contributed by atoms with van der Waals surface area (Å²) in [5.74, 6) is 0.977. The zero-order valence-corrected chi connectivity index (χ0v) is 18.7. The number of ether oxygens (including phenoxy) is 1. The van der Waals surface area contributed by atoms with E-state index in [0.717, 1.165) is 35.4 Å². The topological polar surface area (TPSA) is 12.5 Å². The molecular weight excluding hydrogens is 536 g/mol. The Morgan fingerprint density at radius 1 is 1.16 bits per heavy atom. The van der Waals surface area contributed by atoms with E-state index in [9.17, 15) is 0 Å². The van der Waals surface area contributed by atoms with Crippen LogP contribution in [0.4, 0.5) is 0 Å². The molecule has 0 bridgehead atoms. The van der Waals surface area contributed by atoms with Gasteiger partial charge in [0.2, 0.25) is 0 Å². The van der Waals surface area contributed by atoms with E-state index in [4.69, 9.17) is 4.74 Å². The third kappa shape index (κ3) is 5.96. The Morgan fingerprint density at radius 3 is 2.64 bits per heavy atom. The summed E-state index contributed by atoms with van der Waals surface area (Å²) in [6.07, 6.45) is 12.1. The van der Waals surface area contributed by atoms with Gasteiger partial charge in [0.15, 0.2) is 0 Å². The maximum Gasteiger partial charge on any atom is 0.132 e. The lowest BCUT2D eigenvalue weighted by Crippen LogP contribution is -2.29. The highest BCUT2D eigenvalue weighted by Crippen LogP contribution is 2.30. The number of benzene rings is 1. The van der Waals surface area contributed by atoms with Gasteiger partial charge in [0.25, 0.3) is 0 Å². The first-order valence-corrected chi connectivity index (χ1v) is 10.7. The molecule has 0 fully saturated rings. The smallest absolute Gasteiger partial charge is 0.132 e. The second kappa shape index (κ2) is 8.86. The van der Waals surface area contributed by atoms with E-state index < -0.39 is 0 Å². The zero-order valence-electron chi connectivity index (χ0n) is 14.4. The second-order valence-corrected chi connectivity index (χ2v) is 10.1. The summed E-state index contributed by atoms with van der Waals surface area (Å²) in [5, 5.41) is 0. The maximum absolute atomic E-state index is 6.11. The molecule has 132 valence electrons. The van der Waals surface area contributed by atoms with Crippen LogP contribution in [-0.2, 0) is 11.3 Å². The summed E-state index contributed by atoms with van der Waals surface area (Å²) in [6, 6.07) is 10.7. The molecule has 0 amide bonds. The highest BCUT2D eigenvalue weighted by molar-refractivity contribution is 14.1. The standard InChI is InChI=1S/C21H23I2NO/c1-21(23)11-7-19(22)20(8-12-21)25-16-18-9-13-24(14-10-18)15-17-5-3-2-4-6-17/h2-9,11-12H,10,13-16H2,1H3. The summed E-state index contributed by atoms with van der Waals surface area (Å²) in [5.41, 5.74) is 2.78. The van der Waals surface area contributed by atoms with Crippen LogP contribution in [0.15, 0.2) is 75.6 Å². The molecular formula is C21H23I2NO. The Hall–Kier alpha value is -0.600. The lowest BCUT2D eigenvalue weighted by atomic mass is 10.1. The number of rotatable bonds is 5. The van der Waals surface area contributed by atoms with E-state index in [1.54, 1.807) is 0 Å². The van der Waals surface area contributed by atoms with Crippen LogP contribution in [-0.4, -0.2) is 28.0 Å². The quantitative estimate of drug-likeness (QED) is 0.257. The molecule has 1 unspecified atom stereocenters. The number of allylic oxidation sites excluding steroid dienone is 5. The van der Waals surface area contributed by atoms with Crippen molar-refractivity contribution in [1.82, 2.24) is 4.90 Å². The molecule has 0 spiro atoms. The number of hydrogen-bond donors (Lipinski definition) is 0. The van der Waals surface area contributed by atoms with Gasteiger partial charge in [-0.25, -0.2) is 0 Å². The van der Waals surface area contributed by atoms with Crippen LogP contribution in [0, 0.1) is 0 Å². The summed E-state index contributed by atoms with van der Waals surface area (Å²) < 4.78 is 7.33. The fourth-order valence-electron chi connectivity index (χ4n) is 2.85. The second-order valence-electron chi connectivity index (χ2n) is 6.65. The molecule has 0 saturated carbocycles. The lowest BCUT2D eigenvalue weighted by Gasteiger charge is -2.26. The zero-order chi connectivity index (χ0) is 17.7. The fraction of sp³-hybridized carbons (Fsp3) is 0.333. The van der Waals surface area contributed by atoms with E-state index in [2.05, 4.69) is 118 Å². The predicted octanol–water partition coefficient (Wildman–Crippen LogP) is 5.80. The molecule has 1 aliphatic heterocycles. The highest BCUT2D eigenvalue weighted by Gasteiger charge is 2.17. The molecule has 1 aromatic carbocycles. The van der Waals surface area contributed by atoms with Gasteiger partial charge in [-0.3, -0.25) is 4.90 Å². The van der Waals surface area contributed by atoms with Gasteiger partial charge < -0.3 is 4.74 Å². The maximum atomic E-state index is 6.11. The van der Waals surface area contributed by atoms with E-state index >= 15 is 0 Å². The number of nitrogens with zero attached hydrogens (tertiary/aromatic N) is 1. The summed E-state index contributed by atoms with van der Waals surface area (Å²) in [7, 11) is 0. The van der Waals surface area contributed by atoms with Crippen LogP contribution in [0.5, 0.6) is 0 Å². The van der Waals surface area contributed by atoms with Crippen LogP contribution in [0.25, 0.3) is 0 Å². The van der Waals surface area contributed by atoms with E-state index in [1.165, 1.54) is 11.1 Å². The van der Waals surface area contributed by atoms with Crippen molar-refractivity contribution in [3.05, 3.63) is 81.2 Å². The number of alkyl halides is 1. The van der Waals surface area contributed by atoms with Gasteiger partial charge in [0.1, 0.15) is 12.4 Å². The number of hydrogen-bond acceptors (Lipinski definition) is 2. The third-order valence-corrected chi connectivity index (χ3v) is 6.01. The monoisotopic (exact) mass is 559 g/mol. The molecule has 2 nitrogen and oxygen atoms in total. The molecule has 1 aliphatic carbocycles. The van der Waals surface area contributed by atoms with Crippen LogP contribution in [0.3, 0.4) is 0 Å². The van der Waals surface area contributed by atoms with Crippen molar-refractivity contribution in [1.29, 1.82) is 0 Å². The summed E-state index contributed by atoms with van der Waals surface area (Å²) >= 11 is 4.80. The molecule has 3 rings (SSSR count). The molecule has 1 heterocycles. The SMILES string of the molecule is CC1(I)C=CC(I)=C(OCC2=CCN(Cc3ccccc3)CC2)C=C1. The van der Waals surface area contributed by atoms with Gasteiger partial charge in [0.05, 0.1) is 7.00 Å². The van der Waals surface area contributed by atoms with Crippen LogP contribution in [0.2, 0.25) is 0 Å². The number of halogens is 2. The van der Waals surface area contributed by atoms with Gasteiger partial charge in [-0.1, -0.05) is 71.2 Å². The highest BCUT2D eigenvalue weighted by atomic mass is 127. The van der Waals surface area contributed by atoms with Crippen molar-refractivity contribution in [3.63, 3.8) is 0 Å². The first-order valence-electron chi connectivity index (χ1n) is 8.56. The van der Waals surface area contributed by atoms with Crippen LogP contribution >= 0.6 is 45.2 Å². The molecule has 0 N–H and O–H groups in total. The van der Waals surface area contributed by atoms with E-state index in [0.29, 0.717) is 6.61 Å². The van der Waals surface area contributed by atoms with Crippen LogP contribution < -0.4 is 0 Å². The Morgan fingerprint density at radius 2 is 1.92 bits per heavy atom. The predicted molar refractivity (Wildman–Crippen MR) is 122 cm³/mol. The molecule has 0 radical (unpaired) electrons. The third-order valence-electron chi connectivity index (χ3n) is 4.40. The van der Waals surface area contributed by atoms with Crippen molar-refractivity contribution in [2.45, 2.75) is 23.3 Å². The fourth-order valence-corrected chi connectivity index (χ4v) is 3.72. The largest absolute Gasteiger partial charge is 0.488 e. The van der Waals surface area contributed by atoms with Gasteiger partial charge in [-0.2, -0.15) is 0 Å². The average molecular weight is 559 g/mol. The minimum atomic E-state index is 0.0569. The average Bonchev–Trinajstić information content (AvgIpc) is 2.74. The van der Waals surface area contributed by atoms with Crippen molar-refractivity contribution in [2.24, 2.45) is 0 Å². The molecule has 0 saturated heterocycles. The summed E-state index contributed by atoms with van der Waals surface area (Å²) in [4.78, 5) is 2.48. The van der Waals surface area contributed by atoms with Crippen molar-refractivity contribution >= 4 is 45.2 Å². The van der Waals surface area contributed by atoms with Crippen molar-refractivity contribution in [3.8, 4) is 0 Å². The molecule has 1 aromatic rings. The van der Waals surface area contributed by atoms with Gasteiger partial charge >= 0.3 is 0 Å². The Bertz CT molecular complexity index is 717. The normalized spacial score (nSPS) is 24.2. The van der Waals surface area contributed by atoms with Crippen LogP contribution in [0.1, 0.15) is 18.9 Å². The van der Waals surface area contributed by atoms with Gasteiger partial charge in [-0.15, -0.1) is 0 Å². The molecule has 2 aliphatic rings. The first kappa shape index (κ1) is 19.2. The molecule has 4 heteroatoms. The van der Waals surface area contributed by atoms with Gasteiger partial charge in [-0.05, 0) is 59.2 Å². The molecule has 25 heavy (non-hydrogen) atoms. The minimum absolute atomic E-state index is 0.0569. The first-order chi connectivity index (χ1) is 12.0. The Kier molecular flexibility index (Phi) is 6.79. The summed E-state index contributed by atoms with van der Waals surface area (Å²) in [6.45, 7) is 6.01. The minimum Gasteiger partial charge on any atom is -0.488 e. The van der Waals surface area contributed by atoms with E-state index in [1.807, 2.05) is 0 Å². The lowest BCUT2D eigenvalue weighted by molar-refractivity contribution is 0.230. The molecule has 1 atom stereocenters. The van der Waals surface area contributed by atoms with E-state index in [-0.39, 0.29) is 3.42 Å². The molecule has 0 aromatic heterocycles. The van der Waals surface area contributed by atoms with Crippen molar-refractivity contribution in [2.75, 3.05) is 19.7 Å².